The molecular weight excluding hydrogens is 390 g/mol. The van der Waals surface area contributed by atoms with Gasteiger partial charge in [-0.3, -0.25) is 19.7 Å². The average Bonchev–Trinajstić information content (AvgIpc) is 3.28. The second kappa shape index (κ2) is 7.23. The van der Waals surface area contributed by atoms with Crippen molar-refractivity contribution in [3.63, 3.8) is 0 Å². The molecule has 3 aliphatic heterocycles. The third-order valence-electron chi connectivity index (χ3n) is 5.67. The van der Waals surface area contributed by atoms with Crippen LogP contribution in [0.1, 0.15) is 44.9 Å². The molecule has 9 heteroatoms. The summed E-state index contributed by atoms with van der Waals surface area (Å²) in [5, 5.41) is 9.92. The minimum Gasteiger partial charge on any atom is -0.357 e. The van der Waals surface area contributed by atoms with Gasteiger partial charge in [-0.15, -0.1) is 11.3 Å². The second-order valence-corrected chi connectivity index (χ2v) is 8.60. The molecule has 0 radical (unpaired) electrons. The minimum atomic E-state index is -0.591. The predicted octanol–water partition coefficient (Wildman–Crippen LogP) is 1.16. The van der Waals surface area contributed by atoms with E-state index < -0.39 is 6.04 Å². The summed E-state index contributed by atoms with van der Waals surface area (Å²) in [7, 11) is 0. The number of aromatic nitrogens is 1. The molecule has 5 rings (SSSR count). The van der Waals surface area contributed by atoms with E-state index in [2.05, 4.69) is 20.9 Å². The zero-order valence-corrected chi connectivity index (χ0v) is 16.6. The minimum absolute atomic E-state index is 0.144. The number of carbonyl (C=O) groups excluding carboxylic acids is 3. The predicted molar refractivity (Wildman–Crippen MR) is 107 cm³/mol. The molecule has 4 heterocycles. The molecule has 0 aliphatic carbocycles. The number of piperidine rings is 1. The number of thiazole rings is 1. The van der Waals surface area contributed by atoms with Crippen molar-refractivity contribution in [3.8, 4) is 0 Å². The Balaban J connectivity index is 1.34. The van der Waals surface area contributed by atoms with Crippen LogP contribution in [0.2, 0.25) is 0 Å². The lowest BCUT2D eigenvalue weighted by molar-refractivity contribution is -0.136. The quantitative estimate of drug-likeness (QED) is 0.653. The first-order valence-corrected chi connectivity index (χ1v) is 10.6. The van der Waals surface area contributed by atoms with Crippen molar-refractivity contribution in [3.05, 3.63) is 45.5 Å². The van der Waals surface area contributed by atoms with Crippen molar-refractivity contribution in [1.29, 1.82) is 0 Å². The van der Waals surface area contributed by atoms with Gasteiger partial charge in [-0.1, -0.05) is 18.2 Å². The molecule has 1 unspecified atom stereocenters. The van der Waals surface area contributed by atoms with E-state index in [1.54, 1.807) is 16.2 Å². The summed E-state index contributed by atoms with van der Waals surface area (Å²) in [5.74, 6) is -0.805. The summed E-state index contributed by atoms with van der Waals surface area (Å²) < 4.78 is 0. The fraction of sp³-hybridized carbons (Fsp3) is 0.400. The fourth-order valence-corrected chi connectivity index (χ4v) is 5.18. The Morgan fingerprint density at radius 2 is 2.14 bits per heavy atom. The number of hydrogen-bond donors (Lipinski definition) is 3. The van der Waals surface area contributed by atoms with Crippen molar-refractivity contribution in [2.24, 2.45) is 0 Å². The maximum atomic E-state index is 13.1. The molecule has 2 aromatic rings. The standard InChI is InChI=1S/C20H21N5O3S/c26-16-5-4-14(18(27)24-16)25-10-12-3-1-2-11(17(12)19(25)28)8-22-20-23-13-6-7-21-9-15(13)29-20/h1-3,14,21H,4-10H2,(H,22,23)(H,24,26,27). The molecule has 0 bridgehead atoms. The molecule has 1 aromatic carbocycles. The highest BCUT2D eigenvalue weighted by molar-refractivity contribution is 7.15. The van der Waals surface area contributed by atoms with Gasteiger partial charge in [0, 0.05) is 49.5 Å². The van der Waals surface area contributed by atoms with E-state index in [0.717, 1.165) is 41.5 Å². The molecule has 1 atom stereocenters. The van der Waals surface area contributed by atoms with Crippen LogP contribution in [0.5, 0.6) is 0 Å². The Bertz CT molecular complexity index is 994. The van der Waals surface area contributed by atoms with E-state index in [-0.39, 0.29) is 24.1 Å². The van der Waals surface area contributed by atoms with Crippen LogP contribution >= 0.6 is 11.3 Å². The number of nitrogens with zero attached hydrogens (tertiary/aromatic N) is 2. The largest absolute Gasteiger partial charge is 0.357 e. The summed E-state index contributed by atoms with van der Waals surface area (Å²) in [6.45, 7) is 2.70. The molecule has 3 amide bonds. The van der Waals surface area contributed by atoms with E-state index in [4.69, 9.17) is 0 Å². The van der Waals surface area contributed by atoms with E-state index in [1.165, 1.54) is 4.88 Å². The highest BCUT2D eigenvalue weighted by atomic mass is 32.1. The van der Waals surface area contributed by atoms with Gasteiger partial charge in [0.2, 0.25) is 11.8 Å². The molecule has 3 aliphatic rings. The van der Waals surface area contributed by atoms with Crippen LogP contribution in [0, 0.1) is 0 Å². The number of rotatable bonds is 4. The van der Waals surface area contributed by atoms with Crippen molar-refractivity contribution in [2.45, 2.75) is 44.9 Å². The summed E-state index contributed by atoms with van der Waals surface area (Å²) in [5.41, 5.74) is 3.62. The van der Waals surface area contributed by atoms with E-state index in [9.17, 15) is 14.4 Å². The van der Waals surface area contributed by atoms with Gasteiger partial charge in [-0.05, 0) is 17.5 Å². The van der Waals surface area contributed by atoms with Crippen LogP contribution in [0.4, 0.5) is 5.13 Å². The van der Waals surface area contributed by atoms with E-state index in [1.807, 2.05) is 18.2 Å². The van der Waals surface area contributed by atoms with Gasteiger partial charge in [0.25, 0.3) is 5.91 Å². The molecule has 1 fully saturated rings. The first-order valence-electron chi connectivity index (χ1n) is 9.79. The van der Waals surface area contributed by atoms with Crippen LogP contribution in [0.25, 0.3) is 0 Å². The number of amides is 3. The summed E-state index contributed by atoms with van der Waals surface area (Å²) in [4.78, 5) is 44.3. The zero-order chi connectivity index (χ0) is 20.0. The summed E-state index contributed by atoms with van der Waals surface area (Å²) >= 11 is 1.65. The van der Waals surface area contributed by atoms with Gasteiger partial charge in [0.05, 0.1) is 5.69 Å². The number of nitrogens with one attached hydrogen (secondary N) is 3. The molecule has 3 N–H and O–H groups in total. The summed E-state index contributed by atoms with van der Waals surface area (Å²) in [6.07, 6.45) is 1.57. The maximum absolute atomic E-state index is 13.1. The molecule has 8 nitrogen and oxygen atoms in total. The number of fused-ring (bicyclic) bond motifs is 2. The SMILES string of the molecule is O=C1CCC(N2Cc3cccc(CNc4nc5c(s4)CNCC5)c3C2=O)C(=O)N1. The van der Waals surface area contributed by atoms with Gasteiger partial charge in [0.1, 0.15) is 6.04 Å². The molecule has 0 saturated carbocycles. The highest BCUT2D eigenvalue weighted by Gasteiger charge is 2.39. The van der Waals surface area contributed by atoms with Crippen LogP contribution in [-0.2, 0) is 35.6 Å². The Kier molecular flexibility index (Phi) is 4.56. The fourth-order valence-electron chi connectivity index (χ4n) is 4.21. The lowest BCUT2D eigenvalue weighted by Crippen LogP contribution is -2.52. The van der Waals surface area contributed by atoms with Crippen molar-refractivity contribution >= 4 is 34.2 Å². The summed E-state index contributed by atoms with van der Waals surface area (Å²) in [6, 6.07) is 5.21. The lowest BCUT2D eigenvalue weighted by Gasteiger charge is -2.29. The molecule has 29 heavy (non-hydrogen) atoms. The zero-order valence-electron chi connectivity index (χ0n) is 15.8. The Hall–Kier alpha value is -2.78. The monoisotopic (exact) mass is 411 g/mol. The second-order valence-electron chi connectivity index (χ2n) is 7.52. The molecule has 0 spiro atoms. The number of carbonyl (C=O) groups is 3. The first kappa shape index (κ1) is 18.3. The molecular formula is C20H21N5O3S. The smallest absolute Gasteiger partial charge is 0.255 e. The highest BCUT2D eigenvalue weighted by Crippen LogP contribution is 2.31. The molecule has 150 valence electrons. The lowest BCUT2D eigenvalue weighted by atomic mass is 10.0. The van der Waals surface area contributed by atoms with Crippen molar-refractivity contribution < 1.29 is 14.4 Å². The Morgan fingerprint density at radius 1 is 1.24 bits per heavy atom. The van der Waals surface area contributed by atoms with Gasteiger partial charge in [-0.2, -0.15) is 0 Å². The van der Waals surface area contributed by atoms with Crippen LogP contribution in [0.3, 0.4) is 0 Å². The third kappa shape index (κ3) is 3.30. The van der Waals surface area contributed by atoms with Crippen LogP contribution in [-0.4, -0.2) is 40.2 Å². The van der Waals surface area contributed by atoms with Gasteiger partial charge >= 0.3 is 0 Å². The third-order valence-corrected chi connectivity index (χ3v) is 6.73. The normalized spacial score (nSPS) is 21.0. The van der Waals surface area contributed by atoms with Crippen molar-refractivity contribution in [2.75, 3.05) is 11.9 Å². The first-order chi connectivity index (χ1) is 14.1. The number of imide groups is 1. The van der Waals surface area contributed by atoms with Crippen molar-refractivity contribution in [1.82, 2.24) is 20.5 Å². The van der Waals surface area contributed by atoms with Gasteiger partial charge < -0.3 is 15.5 Å². The van der Waals surface area contributed by atoms with Gasteiger partial charge in [-0.25, -0.2) is 4.98 Å². The number of anilines is 1. The van der Waals surface area contributed by atoms with Gasteiger partial charge in [0.15, 0.2) is 5.13 Å². The Labute approximate surface area is 171 Å². The van der Waals surface area contributed by atoms with Crippen LogP contribution in [0.15, 0.2) is 18.2 Å². The van der Waals surface area contributed by atoms with E-state index in [0.29, 0.717) is 25.1 Å². The number of benzene rings is 1. The van der Waals surface area contributed by atoms with E-state index >= 15 is 0 Å². The average molecular weight is 411 g/mol. The molecule has 1 aromatic heterocycles. The number of hydrogen-bond acceptors (Lipinski definition) is 7. The molecule has 1 saturated heterocycles. The maximum Gasteiger partial charge on any atom is 0.255 e. The Morgan fingerprint density at radius 3 is 2.97 bits per heavy atom. The topological polar surface area (TPSA) is 103 Å². The van der Waals surface area contributed by atoms with Crippen LogP contribution < -0.4 is 16.0 Å².